The molecule has 8 heteroatoms. The molecule has 0 unspecified atom stereocenters. The molecule has 2 aromatic carbocycles. The Labute approximate surface area is 180 Å². The lowest BCUT2D eigenvalue weighted by Gasteiger charge is -2.26. The van der Waals surface area contributed by atoms with Crippen LogP contribution in [0.3, 0.4) is 0 Å². The first-order valence-corrected chi connectivity index (χ1v) is 9.69. The molecule has 4 amide bonds. The summed E-state index contributed by atoms with van der Waals surface area (Å²) < 4.78 is 6.40. The molecule has 0 atom stereocenters. The van der Waals surface area contributed by atoms with Crippen molar-refractivity contribution in [2.24, 2.45) is 0 Å². The zero-order valence-corrected chi connectivity index (χ0v) is 17.7. The van der Waals surface area contributed by atoms with Crippen LogP contribution in [0.5, 0.6) is 5.75 Å². The molecule has 1 N–H and O–H groups in total. The van der Waals surface area contributed by atoms with Gasteiger partial charge >= 0.3 is 6.03 Å². The van der Waals surface area contributed by atoms with Gasteiger partial charge in [-0.25, -0.2) is 9.69 Å². The fourth-order valence-electron chi connectivity index (χ4n) is 2.73. The molecule has 1 aliphatic heterocycles. The summed E-state index contributed by atoms with van der Waals surface area (Å²) in [5, 5.41) is 2.60. The van der Waals surface area contributed by atoms with Gasteiger partial charge in [-0.15, -0.1) is 0 Å². The highest BCUT2D eigenvalue weighted by molar-refractivity contribution is 9.10. The summed E-state index contributed by atoms with van der Waals surface area (Å²) in [6.45, 7) is 5.66. The van der Waals surface area contributed by atoms with E-state index in [0.29, 0.717) is 22.0 Å². The molecule has 1 heterocycles. The van der Waals surface area contributed by atoms with Gasteiger partial charge in [-0.05, 0) is 55.0 Å². The minimum absolute atomic E-state index is 0.212. The maximum atomic E-state index is 13.0. The number of nitrogens with zero attached hydrogens (tertiary/aromatic N) is 1. The number of urea groups is 1. The van der Waals surface area contributed by atoms with Gasteiger partial charge < -0.3 is 4.74 Å². The number of halogens is 2. The van der Waals surface area contributed by atoms with Crippen LogP contribution in [0, 0.1) is 6.92 Å². The standard InChI is InChI=1S/C21H16BrClN2O4/c1-3-8-29-18-7-4-14(23)10-13(18)11-16-19(26)24-21(28)25(20(16)27)15-5-6-17(22)12(2)9-15/h3-7,9-11H,1,8H2,2H3,(H,24,26,28)/b16-11-. The quantitative estimate of drug-likeness (QED) is 0.388. The van der Waals surface area contributed by atoms with Crippen molar-refractivity contribution in [3.05, 3.63) is 75.2 Å². The highest BCUT2D eigenvalue weighted by Crippen LogP contribution is 2.29. The van der Waals surface area contributed by atoms with Gasteiger partial charge in [0.1, 0.15) is 17.9 Å². The van der Waals surface area contributed by atoms with Crippen LogP contribution in [0.2, 0.25) is 5.02 Å². The number of nitrogens with one attached hydrogen (secondary N) is 1. The van der Waals surface area contributed by atoms with Crippen LogP contribution in [0.4, 0.5) is 10.5 Å². The number of rotatable bonds is 5. The molecular weight excluding hydrogens is 460 g/mol. The second-order valence-electron chi connectivity index (χ2n) is 6.17. The van der Waals surface area contributed by atoms with E-state index in [4.69, 9.17) is 16.3 Å². The average molecular weight is 476 g/mol. The van der Waals surface area contributed by atoms with Crippen molar-refractivity contribution in [3.8, 4) is 5.75 Å². The molecule has 0 aromatic heterocycles. The van der Waals surface area contributed by atoms with E-state index in [2.05, 4.69) is 27.8 Å². The van der Waals surface area contributed by atoms with E-state index < -0.39 is 17.8 Å². The number of hydrogen-bond acceptors (Lipinski definition) is 4. The first-order valence-electron chi connectivity index (χ1n) is 8.52. The van der Waals surface area contributed by atoms with E-state index in [1.807, 2.05) is 6.92 Å². The molecule has 0 saturated carbocycles. The summed E-state index contributed by atoms with van der Waals surface area (Å²) in [7, 11) is 0. The van der Waals surface area contributed by atoms with Crippen LogP contribution in [0.25, 0.3) is 6.08 Å². The zero-order valence-electron chi connectivity index (χ0n) is 15.4. The molecular formula is C21H16BrClN2O4. The summed E-state index contributed by atoms with van der Waals surface area (Å²) in [6, 6.07) is 9.03. The molecule has 1 fully saturated rings. The number of aryl methyl sites for hydroxylation is 1. The lowest BCUT2D eigenvalue weighted by atomic mass is 10.1. The van der Waals surface area contributed by atoms with Crippen molar-refractivity contribution in [2.75, 3.05) is 11.5 Å². The number of amides is 4. The van der Waals surface area contributed by atoms with Gasteiger partial charge in [-0.2, -0.15) is 0 Å². The highest BCUT2D eigenvalue weighted by atomic mass is 79.9. The molecule has 29 heavy (non-hydrogen) atoms. The van der Waals surface area contributed by atoms with Gasteiger partial charge in [-0.3, -0.25) is 14.9 Å². The number of benzene rings is 2. The summed E-state index contributed by atoms with van der Waals surface area (Å²) in [6.07, 6.45) is 2.92. The van der Waals surface area contributed by atoms with E-state index in [1.165, 1.54) is 6.08 Å². The summed E-state index contributed by atoms with van der Waals surface area (Å²) in [5.74, 6) is -1.11. The minimum Gasteiger partial charge on any atom is -0.489 e. The topological polar surface area (TPSA) is 75.7 Å². The monoisotopic (exact) mass is 474 g/mol. The van der Waals surface area contributed by atoms with Crippen LogP contribution in [0.15, 0.2) is 59.1 Å². The molecule has 6 nitrogen and oxygen atoms in total. The Morgan fingerprint density at radius 1 is 1.21 bits per heavy atom. The SMILES string of the molecule is C=CCOc1ccc(Cl)cc1/C=C1/C(=O)NC(=O)N(c2ccc(Br)c(C)c2)C1=O. The maximum Gasteiger partial charge on any atom is 0.335 e. The van der Waals surface area contributed by atoms with Crippen molar-refractivity contribution in [1.29, 1.82) is 0 Å². The van der Waals surface area contributed by atoms with Gasteiger partial charge in [0.15, 0.2) is 0 Å². The average Bonchev–Trinajstić information content (AvgIpc) is 2.67. The van der Waals surface area contributed by atoms with Crippen molar-refractivity contribution >= 4 is 57.1 Å². The number of imide groups is 2. The van der Waals surface area contributed by atoms with Gasteiger partial charge in [0, 0.05) is 15.1 Å². The molecule has 0 aliphatic carbocycles. The molecule has 1 aliphatic rings. The van der Waals surface area contributed by atoms with Crippen LogP contribution in [0.1, 0.15) is 11.1 Å². The molecule has 0 bridgehead atoms. The Bertz CT molecular complexity index is 1060. The molecule has 148 valence electrons. The Morgan fingerprint density at radius 2 is 1.97 bits per heavy atom. The number of carbonyl (C=O) groups is 3. The third kappa shape index (κ3) is 4.41. The third-order valence-electron chi connectivity index (χ3n) is 4.13. The molecule has 3 rings (SSSR count). The first-order chi connectivity index (χ1) is 13.8. The van der Waals surface area contributed by atoms with Gasteiger partial charge in [0.05, 0.1) is 5.69 Å². The Balaban J connectivity index is 2.05. The Kier molecular flexibility index (Phi) is 6.20. The van der Waals surface area contributed by atoms with E-state index in [-0.39, 0.29) is 12.2 Å². The number of ether oxygens (including phenoxy) is 1. The summed E-state index contributed by atoms with van der Waals surface area (Å²) >= 11 is 9.44. The fraction of sp³-hybridized carbons (Fsp3) is 0.0952. The third-order valence-corrected chi connectivity index (χ3v) is 5.25. The fourth-order valence-corrected chi connectivity index (χ4v) is 3.15. The first kappa shape index (κ1) is 20.8. The van der Waals surface area contributed by atoms with Crippen molar-refractivity contribution in [2.45, 2.75) is 6.92 Å². The highest BCUT2D eigenvalue weighted by Gasteiger charge is 2.37. The van der Waals surface area contributed by atoms with E-state index in [1.54, 1.807) is 42.5 Å². The van der Waals surface area contributed by atoms with Crippen molar-refractivity contribution < 1.29 is 19.1 Å². The van der Waals surface area contributed by atoms with Crippen LogP contribution < -0.4 is 15.0 Å². The molecule has 2 aromatic rings. The van der Waals surface area contributed by atoms with E-state index in [9.17, 15) is 14.4 Å². The largest absolute Gasteiger partial charge is 0.489 e. The van der Waals surface area contributed by atoms with E-state index >= 15 is 0 Å². The number of anilines is 1. The van der Waals surface area contributed by atoms with Crippen LogP contribution in [-0.4, -0.2) is 24.5 Å². The van der Waals surface area contributed by atoms with Crippen molar-refractivity contribution in [3.63, 3.8) is 0 Å². The number of carbonyl (C=O) groups excluding carboxylic acids is 3. The smallest absolute Gasteiger partial charge is 0.335 e. The van der Waals surface area contributed by atoms with E-state index in [0.717, 1.165) is 14.9 Å². The Morgan fingerprint density at radius 3 is 2.66 bits per heavy atom. The lowest BCUT2D eigenvalue weighted by Crippen LogP contribution is -2.54. The zero-order chi connectivity index (χ0) is 21.1. The molecule has 1 saturated heterocycles. The van der Waals surface area contributed by atoms with Gasteiger partial charge in [-0.1, -0.05) is 40.2 Å². The van der Waals surface area contributed by atoms with Gasteiger partial charge in [0.2, 0.25) is 0 Å². The summed E-state index contributed by atoms with van der Waals surface area (Å²) in [4.78, 5) is 38.7. The summed E-state index contributed by atoms with van der Waals surface area (Å²) in [5.41, 5.74) is 1.40. The molecule has 0 spiro atoms. The number of hydrogen-bond donors (Lipinski definition) is 1. The predicted octanol–water partition coefficient (Wildman–Crippen LogP) is 4.64. The van der Waals surface area contributed by atoms with Gasteiger partial charge in [0.25, 0.3) is 11.8 Å². The second kappa shape index (κ2) is 8.63. The normalized spacial score (nSPS) is 15.5. The van der Waals surface area contributed by atoms with Crippen LogP contribution >= 0.6 is 27.5 Å². The van der Waals surface area contributed by atoms with Crippen molar-refractivity contribution in [1.82, 2.24) is 5.32 Å². The Hall–Kier alpha value is -2.90. The molecule has 0 radical (unpaired) electrons. The lowest BCUT2D eigenvalue weighted by molar-refractivity contribution is -0.122. The minimum atomic E-state index is -0.812. The maximum absolute atomic E-state index is 13.0. The van der Waals surface area contributed by atoms with Crippen LogP contribution in [-0.2, 0) is 9.59 Å². The number of barbiturate groups is 1. The second-order valence-corrected chi connectivity index (χ2v) is 7.46. The predicted molar refractivity (Wildman–Crippen MR) is 115 cm³/mol.